The van der Waals surface area contributed by atoms with Gasteiger partial charge in [0, 0.05) is 24.5 Å². The normalized spacial score (nSPS) is 25.0. The lowest BCUT2D eigenvalue weighted by atomic mass is 10.1. The summed E-state index contributed by atoms with van der Waals surface area (Å²) in [5, 5.41) is 10.1. The molecule has 1 amide bonds. The van der Waals surface area contributed by atoms with Crippen LogP contribution in [0.2, 0.25) is 0 Å². The minimum Gasteiger partial charge on any atom is -0.475 e. The summed E-state index contributed by atoms with van der Waals surface area (Å²) in [4.78, 5) is 23.5. The number of nitrogens with one attached hydrogen (secondary N) is 1. The van der Waals surface area contributed by atoms with Gasteiger partial charge in [-0.25, -0.2) is 4.79 Å². The molecule has 0 unspecified atom stereocenters. The molecule has 1 aliphatic heterocycles. The lowest BCUT2D eigenvalue weighted by molar-refractivity contribution is -0.192. The molecule has 2 fully saturated rings. The predicted molar refractivity (Wildman–Crippen MR) is 92.3 cm³/mol. The summed E-state index contributed by atoms with van der Waals surface area (Å²) < 4.78 is 43.1. The molecule has 1 saturated carbocycles. The number of fused-ring (bicyclic) bond motifs is 1. The maximum Gasteiger partial charge on any atom is 0.490 e. The van der Waals surface area contributed by atoms with E-state index in [9.17, 15) is 18.0 Å². The SMILES string of the molecule is CC(C)NC(=O)[C@H]1C[C@@H]2[C@@H](C1)OCCN2Cc1ccco1.O=C(O)C(F)(F)F. The third-order valence-corrected chi connectivity index (χ3v) is 4.63. The largest absolute Gasteiger partial charge is 0.490 e. The molecule has 0 spiro atoms. The molecule has 1 aliphatic carbocycles. The molecule has 158 valence electrons. The van der Waals surface area contributed by atoms with Crippen LogP contribution in [0.15, 0.2) is 22.8 Å². The van der Waals surface area contributed by atoms with Gasteiger partial charge >= 0.3 is 12.1 Å². The van der Waals surface area contributed by atoms with E-state index in [-0.39, 0.29) is 24.0 Å². The van der Waals surface area contributed by atoms with E-state index in [1.54, 1.807) is 6.26 Å². The first-order chi connectivity index (χ1) is 13.1. The van der Waals surface area contributed by atoms with Crippen molar-refractivity contribution in [2.75, 3.05) is 13.2 Å². The van der Waals surface area contributed by atoms with Crippen LogP contribution in [0.5, 0.6) is 0 Å². The van der Waals surface area contributed by atoms with Crippen LogP contribution in [0.4, 0.5) is 13.2 Å². The molecule has 3 rings (SSSR count). The van der Waals surface area contributed by atoms with Crippen LogP contribution in [0.1, 0.15) is 32.4 Å². The molecule has 28 heavy (non-hydrogen) atoms. The van der Waals surface area contributed by atoms with E-state index in [1.165, 1.54) is 0 Å². The number of carbonyl (C=O) groups is 2. The zero-order valence-corrected chi connectivity index (χ0v) is 15.7. The number of amides is 1. The molecule has 0 bridgehead atoms. The molecule has 0 aromatic carbocycles. The van der Waals surface area contributed by atoms with Crippen molar-refractivity contribution >= 4 is 11.9 Å². The second kappa shape index (κ2) is 9.42. The van der Waals surface area contributed by atoms with Gasteiger partial charge in [-0.3, -0.25) is 9.69 Å². The van der Waals surface area contributed by atoms with Gasteiger partial charge in [-0.15, -0.1) is 0 Å². The quantitative estimate of drug-likeness (QED) is 0.798. The molecule has 10 heteroatoms. The Morgan fingerprint density at radius 3 is 2.57 bits per heavy atom. The van der Waals surface area contributed by atoms with Crippen molar-refractivity contribution in [3.05, 3.63) is 24.2 Å². The van der Waals surface area contributed by atoms with Crippen LogP contribution in [0.3, 0.4) is 0 Å². The molecule has 2 aliphatic rings. The fraction of sp³-hybridized carbons (Fsp3) is 0.667. The number of furan rings is 1. The first-order valence-electron chi connectivity index (χ1n) is 9.06. The first kappa shape index (κ1) is 22.2. The molecule has 2 heterocycles. The van der Waals surface area contributed by atoms with E-state index in [4.69, 9.17) is 19.1 Å². The van der Waals surface area contributed by atoms with Gasteiger partial charge in [0.15, 0.2) is 0 Å². The Hall–Kier alpha value is -2.07. The van der Waals surface area contributed by atoms with Gasteiger partial charge in [-0.05, 0) is 38.8 Å². The molecule has 1 saturated heterocycles. The highest BCUT2D eigenvalue weighted by atomic mass is 19.4. The second-order valence-electron chi connectivity index (χ2n) is 7.16. The predicted octanol–water partition coefficient (Wildman–Crippen LogP) is 2.42. The highest BCUT2D eigenvalue weighted by molar-refractivity contribution is 5.79. The number of nitrogens with zero attached hydrogens (tertiary/aromatic N) is 1. The van der Waals surface area contributed by atoms with Crippen molar-refractivity contribution in [3.8, 4) is 0 Å². The summed E-state index contributed by atoms with van der Waals surface area (Å²) in [5.74, 6) is -1.54. The van der Waals surface area contributed by atoms with Gasteiger partial charge in [-0.1, -0.05) is 0 Å². The van der Waals surface area contributed by atoms with Gasteiger partial charge in [-0.2, -0.15) is 13.2 Å². The van der Waals surface area contributed by atoms with Crippen molar-refractivity contribution in [2.24, 2.45) is 5.92 Å². The maximum atomic E-state index is 12.2. The third kappa shape index (κ3) is 6.23. The zero-order chi connectivity index (χ0) is 20.9. The van der Waals surface area contributed by atoms with Gasteiger partial charge in [0.05, 0.1) is 25.5 Å². The van der Waals surface area contributed by atoms with E-state index in [0.29, 0.717) is 6.04 Å². The Bertz CT molecular complexity index is 648. The summed E-state index contributed by atoms with van der Waals surface area (Å²) in [5.41, 5.74) is 0. The molecule has 0 radical (unpaired) electrons. The number of alkyl halides is 3. The van der Waals surface area contributed by atoms with Crippen molar-refractivity contribution in [2.45, 2.75) is 57.6 Å². The van der Waals surface area contributed by atoms with Crippen LogP contribution >= 0.6 is 0 Å². The molecule has 1 aromatic rings. The summed E-state index contributed by atoms with van der Waals surface area (Å²) in [7, 11) is 0. The van der Waals surface area contributed by atoms with E-state index < -0.39 is 12.1 Å². The number of hydrogen-bond donors (Lipinski definition) is 2. The number of hydrogen-bond acceptors (Lipinski definition) is 5. The standard InChI is InChI=1S/C16H24N2O3.C2HF3O2/c1-11(2)17-16(19)12-8-14-15(9-12)21-7-5-18(14)10-13-4-3-6-20-13;3-2(4,5)1(6)7/h3-4,6,11-12,14-15H,5,7-10H2,1-2H3,(H,17,19);(H,6,7)/t12-,14+,15+;/m0./s1. The molecule has 3 atom stereocenters. The number of carbonyl (C=O) groups excluding carboxylic acids is 1. The molecule has 2 N–H and O–H groups in total. The van der Waals surface area contributed by atoms with Crippen molar-refractivity contribution in [1.82, 2.24) is 10.2 Å². The first-order valence-corrected chi connectivity index (χ1v) is 9.06. The number of carboxylic acids is 1. The molecule has 1 aromatic heterocycles. The van der Waals surface area contributed by atoms with Crippen LogP contribution in [0, 0.1) is 5.92 Å². The van der Waals surface area contributed by atoms with Crippen LogP contribution in [-0.4, -0.2) is 59.4 Å². The van der Waals surface area contributed by atoms with Gasteiger partial charge < -0.3 is 19.6 Å². The van der Waals surface area contributed by atoms with Crippen molar-refractivity contribution < 1.29 is 37.0 Å². The van der Waals surface area contributed by atoms with Crippen molar-refractivity contribution in [1.29, 1.82) is 0 Å². The van der Waals surface area contributed by atoms with Crippen molar-refractivity contribution in [3.63, 3.8) is 0 Å². The average Bonchev–Trinajstić information content (AvgIpc) is 3.23. The van der Waals surface area contributed by atoms with Gasteiger partial charge in [0.1, 0.15) is 5.76 Å². The number of carboxylic acid groups (broad SMARTS) is 1. The van der Waals surface area contributed by atoms with E-state index in [0.717, 1.165) is 38.3 Å². The minimum atomic E-state index is -5.08. The Balaban J connectivity index is 0.000000345. The van der Waals surface area contributed by atoms with Gasteiger partial charge in [0.25, 0.3) is 0 Å². The number of morpholine rings is 1. The number of rotatable bonds is 4. The van der Waals surface area contributed by atoms with Crippen LogP contribution < -0.4 is 5.32 Å². The lowest BCUT2D eigenvalue weighted by Gasteiger charge is -2.37. The van der Waals surface area contributed by atoms with Crippen LogP contribution in [-0.2, 0) is 20.9 Å². The highest BCUT2D eigenvalue weighted by Crippen LogP contribution is 2.35. The van der Waals surface area contributed by atoms with E-state index in [2.05, 4.69) is 10.2 Å². The molecular formula is C18H25F3N2O5. The lowest BCUT2D eigenvalue weighted by Crippen LogP contribution is -2.47. The Morgan fingerprint density at radius 2 is 2.04 bits per heavy atom. The van der Waals surface area contributed by atoms with Gasteiger partial charge in [0.2, 0.25) is 5.91 Å². The molecule has 7 nitrogen and oxygen atoms in total. The summed E-state index contributed by atoms with van der Waals surface area (Å²) in [6.07, 6.45) is -1.49. The number of halogens is 3. The Kier molecular flexibility index (Phi) is 7.48. The topological polar surface area (TPSA) is 92.0 Å². The monoisotopic (exact) mass is 406 g/mol. The van der Waals surface area contributed by atoms with Crippen LogP contribution in [0.25, 0.3) is 0 Å². The Morgan fingerprint density at radius 1 is 1.36 bits per heavy atom. The Labute approximate surface area is 160 Å². The van der Waals surface area contributed by atoms with E-state index >= 15 is 0 Å². The fourth-order valence-corrected chi connectivity index (χ4v) is 3.44. The fourth-order valence-electron chi connectivity index (χ4n) is 3.44. The number of ether oxygens (including phenoxy) is 1. The van der Waals surface area contributed by atoms with E-state index in [1.807, 2.05) is 26.0 Å². The highest BCUT2D eigenvalue weighted by Gasteiger charge is 2.43. The summed E-state index contributed by atoms with van der Waals surface area (Å²) >= 11 is 0. The molecular weight excluding hydrogens is 381 g/mol. The third-order valence-electron chi connectivity index (χ3n) is 4.63. The second-order valence-corrected chi connectivity index (χ2v) is 7.16. The minimum absolute atomic E-state index is 0.0691. The summed E-state index contributed by atoms with van der Waals surface area (Å²) in [6, 6.07) is 4.44. The smallest absolute Gasteiger partial charge is 0.475 e. The average molecular weight is 406 g/mol. The number of aliphatic carboxylic acids is 1. The zero-order valence-electron chi connectivity index (χ0n) is 15.7. The maximum absolute atomic E-state index is 12.2. The summed E-state index contributed by atoms with van der Waals surface area (Å²) in [6.45, 7) is 6.44.